The van der Waals surface area contributed by atoms with Gasteiger partial charge in [0.05, 0.1) is 0 Å². The number of aromatic nitrogens is 4. The van der Waals surface area contributed by atoms with Crippen LogP contribution in [0.2, 0.25) is 5.02 Å². The summed E-state index contributed by atoms with van der Waals surface area (Å²) in [5, 5.41) is 0.616. The highest BCUT2D eigenvalue weighted by Gasteiger charge is 2.11. The molecule has 2 N–H and O–H groups in total. The molecule has 0 unspecified atom stereocenters. The van der Waals surface area contributed by atoms with Crippen LogP contribution in [0.5, 0.6) is 0 Å². The first-order valence-corrected chi connectivity index (χ1v) is 5.89. The van der Waals surface area contributed by atoms with Crippen molar-refractivity contribution in [2.24, 2.45) is 7.05 Å². The van der Waals surface area contributed by atoms with Crippen LogP contribution in [-0.2, 0) is 7.05 Å². The molecule has 0 aliphatic heterocycles. The lowest BCUT2D eigenvalue weighted by Crippen LogP contribution is -2.28. The van der Waals surface area contributed by atoms with Crippen molar-refractivity contribution in [2.45, 2.75) is 0 Å². The van der Waals surface area contributed by atoms with Crippen LogP contribution in [0.3, 0.4) is 0 Å². The summed E-state index contributed by atoms with van der Waals surface area (Å²) >= 11 is 5.82. The van der Waals surface area contributed by atoms with Crippen molar-refractivity contribution in [3.63, 3.8) is 0 Å². The summed E-state index contributed by atoms with van der Waals surface area (Å²) in [7, 11) is 1.55. The molecule has 3 rings (SSSR count). The Hall–Kier alpha value is -2.34. The minimum absolute atomic E-state index is 0.270. The van der Waals surface area contributed by atoms with Crippen molar-refractivity contribution < 1.29 is 0 Å². The Morgan fingerprint density at radius 3 is 2.53 bits per heavy atom. The molecule has 0 bridgehead atoms. The monoisotopic (exact) mass is 276 g/mol. The van der Waals surface area contributed by atoms with E-state index in [0.717, 1.165) is 5.56 Å². The van der Waals surface area contributed by atoms with Gasteiger partial charge in [-0.2, -0.15) is 0 Å². The van der Waals surface area contributed by atoms with Crippen molar-refractivity contribution >= 4 is 22.8 Å². The van der Waals surface area contributed by atoms with Gasteiger partial charge in [-0.05, 0) is 24.3 Å². The predicted octanol–water partition coefficient (Wildman–Crippen LogP) is 1.27. The van der Waals surface area contributed by atoms with Crippen LogP contribution in [0, 0.1) is 0 Å². The van der Waals surface area contributed by atoms with Gasteiger partial charge in [0, 0.05) is 17.6 Å². The zero-order valence-electron chi connectivity index (χ0n) is 9.90. The minimum atomic E-state index is -0.494. The zero-order chi connectivity index (χ0) is 13.6. The molecule has 3 aromatic rings. The van der Waals surface area contributed by atoms with E-state index in [-0.39, 0.29) is 5.52 Å². The molecular formula is C12H9ClN4O2. The van der Waals surface area contributed by atoms with Gasteiger partial charge in [0.2, 0.25) is 0 Å². The molecule has 2 heterocycles. The summed E-state index contributed by atoms with van der Waals surface area (Å²) in [4.78, 5) is 32.6. The first-order valence-electron chi connectivity index (χ1n) is 5.51. The van der Waals surface area contributed by atoms with Crippen molar-refractivity contribution in [3.8, 4) is 11.4 Å². The van der Waals surface area contributed by atoms with Gasteiger partial charge in [-0.3, -0.25) is 14.3 Å². The standard InChI is InChI=1S/C12H9ClN4O2/c1-17-10-8(11(18)16-12(17)19)14-9(15-10)6-2-4-7(13)5-3-6/h2-5H,1H3,(H,14,15)(H,16,18,19). The molecule has 0 aliphatic carbocycles. The Kier molecular flexibility index (Phi) is 2.53. The minimum Gasteiger partial charge on any atom is -0.332 e. The van der Waals surface area contributed by atoms with Crippen LogP contribution in [0.25, 0.3) is 22.6 Å². The van der Waals surface area contributed by atoms with Crippen LogP contribution in [0.15, 0.2) is 33.9 Å². The van der Waals surface area contributed by atoms with Crippen LogP contribution < -0.4 is 11.2 Å². The number of nitrogens with one attached hydrogen (secondary N) is 2. The van der Waals surface area contributed by atoms with Gasteiger partial charge in [-0.1, -0.05) is 11.6 Å². The number of benzene rings is 1. The average molecular weight is 277 g/mol. The van der Waals surface area contributed by atoms with Crippen molar-refractivity contribution in [3.05, 3.63) is 50.1 Å². The fourth-order valence-electron chi connectivity index (χ4n) is 1.85. The molecule has 1 aromatic carbocycles. The summed E-state index contributed by atoms with van der Waals surface area (Å²) in [6.45, 7) is 0. The van der Waals surface area contributed by atoms with E-state index in [4.69, 9.17) is 11.6 Å². The maximum absolute atomic E-state index is 11.7. The Labute approximate surface area is 111 Å². The van der Waals surface area contributed by atoms with E-state index < -0.39 is 11.2 Å². The number of imidazole rings is 1. The third-order valence-corrected chi connectivity index (χ3v) is 3.12. The first kappa shape index (κ1) is 11.7. The molecule has 0 fully saturated rings. The quantitative estimate of drug-likeness (QED) is 0.702. The van der Waals surface area contributed by atoms with Gasteiger partial charge in [0.25, 0.3) is 5.56 Å². The summed E-state index contributed by atoms with van der Waals surface area (Å²) in [6.07, 6.45) is 0. The Balaban J connectivity index is 2.30. The summed E-state index contributed by atoms with van der Waals surface area (Å²) in [5.41, 5.74) is 0.399. The van der Waals surface area contributed by atoms with Gasteiger partial charge < -0.3 is 4.98 Å². The van der Waals surface area contributed by atoms with Gasteiger partial charge in [-0.25, -0.2) is 9.78 Å². The van der Waals surface area contributed by atoms with E-state index in [1.54, 1.807) is 31.3 Å². The third-order valence-electron chi connectivity index (χ3n) is 2.87. The maximum atomic E-state index is 11.7. The maximum Gasteiger partial charge on any atom is 0.329 e. The number of aryl methyl sites for hydroxylation is 1. The number of rotatable bonds is 1. The van der Waals surface area contributed by atoms with E-state index in [9.17, 15) is 9.59 Å². The summed E-state index contributed by atoms with van der Waals surface area (Å²) in [5.74, 6) is 0.512. The van der Waals surface area contributed by atoms with Crippen LogP contribution in [-0.4, -0.2) is 19.5 Å². The van der Waals surface area contributed by atoms with E-state index in [2.05, 4.69) is 15.0 Å². The lowest BCUT2D eigenvalue weighted by atomic mass is 10.2. The van der Waals surface area contributed by atoms with Crippen molar-refractivity contribution in [1.82, 2.24) is 19.5 Å². The second-order valence-electron chi connectivity index (χ2n) is 4.11. The van der Waals surface area contributed by atoms with E-state index >= 15 is 0 Å². The highest BCUT2D eigenvalue weighted by Crippen LogP contribution is 2.20. The molecular weight excluding hydrogens is 268 g/mol. The Morgan fingerprint density at radius 1 is 1.16 bits per heavy atom. The molecule has 6 nitrogen and oxygen atoms in total. The summed E-state index contributed by atoms with van der Waals surface area (Å²) in [6, 6.07) is 7.03. The number of H-pyrrole nitrogens is 2. The largest absolute Gasteiger partial charge is 0.332 e. The molecule has 0 saturated carbocycles. The molecule has 2 aromatic heterocycles. The molecule has 0 saturated heterocycles. The number of aromatic amines is 2. The number of hydrogen-bond acceptors (Lipinski definition) is 3. The fourth-order valence-corrected chi connectivity index (χ4v) is 1.98. The predicted molar refractivity (Wildman–Crippen MR) is 72.4 cm³/mol. The van der Waals surface area contributed by atoms with E-state index in [1.165, 1.54) is 4.57 Å². The van der Waals surface area contributed by atoms with Crippen molar-refractivity contribution in [1.29, 1.82) is 0 Å². The van der Waals surface area contributed by atoms with Crippen LogP contribution >= 0.6 is 11.6 Å². The molecule has 0 spiro atoms. The number of fused-ring (bicyclic) bond motifs is 1. The normalized spacial score (nSPS) is 11.1. The average Bonchev–Trinajstić information content (AvgIpc) is 2.83. The van der Waals surface area contributed by atoms with Gasteiger partial charge in [0.15, 0.2) is 5.65 Å². The lowest BCUT2D eigenvalue weighted by molar-refractivity contribution is 0.832. The molecule has 0 atom stereocenters. The third kappa shape index (κ3) is 1.86. The van der Waals surface area contributed by atoms with E-state index in [1.807, 2.05) is 0 Å². The SMILES string of the molecule is Cn1c(=O)[nH]c(=O)c2[nH]c(-c3ccc(Cl)cc3)nc21. The number of halogens is 1. The second kappa shape index (κ2) is 4.10. The molecule has 96 valence electrons. The molecule has 7 heteroatoms. The zero-order valence-corrected chi connectivity index (χ0v) is 10.7. The van der Waals surface area contributed by atoms with E-state index in [0.29, 0.717) is 16.5 Å². The number of nitrogens with zero attached hydrogens (tertiary/aromatic N) is 2. The topological polar surface area (TPSA) is 83.5 Å². The highest BCUT2D eigenvalue weighted by molar-refractivity contribution is 6.30. The van der Waals surface area contributed by atoms with Crippen LogP contribution in [0.4, 0.5) is 0 Å². The molecule has 0 amide bonds. The van der Waals surface area contributed by atoms with Gasteiger partial charge in [0.1, 0.15) is 11.3 Å². The second-order valence-corrected chi connectivity index (χ2v) is 4.55. The van der Waals surface area contributed by atoms with Crippen molar-refractivity contribution in [2.75, 3.05) is 0 Å². The fraction of sp³-hybridized carbons (Fsp3) is 0.0833. The lowest BCUT2D eigenvalue weighted by Gasteiger charge is -1.95. The smallest absolute Gasteiger partial charge is 0.329 e. The summed E-state index contributed by atoms with van der Waals surface area (Å²) < 4.78 is 1.28. The van der Waals surface area contributed by atoms with Gasteiger partial charge in [-0.15, -0.1) is 0 Å². The highest BCUT2D eigenvalue weighted by atomic mass is 35.5. The molecule has 19 heavy (non-hydrogen) atoms. The number of hydrogen-bond donors (Lipinski definition) is 2. The first-order chi connectivity index (χ1) is 9.06. The van der Waals surface area contributed by atoms with Crippen LogP contribution in [0.1, 0.15) is 0 Å². The molecule has 0 aliphatic rings. The van der Waals surface area contributed by atoms with Gasteiger partial charge >= 0.3 is 5.69 Å². The Bertz CT molecular complexity index is 873. The Morgan fingerprint density at radius 2 is 1.84 bits per heavy atom. The molecule has 0 radical (unpaired) electrons.